The average molecular weight is 820 g/mol. The predicted molar refractivity (Wildman–Crippen MR) is 257 cm³/mol. The van der Waals surface area contributed by atoms with Crippen LogP contribution in [0.15, 0.2) is 152 Å². The van der Waals surface area contributed by atoms with Crippen molar-refractivity contribution >= 4 is 23.1 Å². The van der Waals surface area contributed by atoms with Crippen molar-refractivity contribution in [1.29, 1.82) is 0 Å². The van der Waals surface area contributed by atoms with Crippen LogP contribution >= 0.6 is 0 Å². The van der Waals surface area contributed by atoms with Gasteiger partial charge in [0.05, 0.1) is 18.2 Å². The summed E-state index contributed by atoms with van der Waals surface area (Å²) in [5, 5.41) is 3.57. The van der Waals surface area contributed by atoms with Crippen LogP contribution in [-0.2, 0) is 10.3 Å². The van der Waals surface area contributed by atoms with Crippen molar-refractivity contribution in [2.75, 3.05) is 23.4 Å². The Bertz CT molecular complexity index is 2150. The van der Waals surface area contributed by atoms with Gasteiger partial charge < -0.3 is 29.2 Å². The third kappa shape index (κ3) is 12.7. The quantitative estimate of drug-likeness (QED) is 0.0469. The zero-order valence-electron chi connectivity index (χ0n) is 37.0. The summed E-state index contributed by atoms with van der Waals surface area (Å²) >= 11 is 0. The standard InChI is InChI=1S/C55H66N2O4/c1-6-11-13-15-37-58-51-25-18-22-45(40-51)56-46-23-19-28-54(41-46)61-50-35-31-47(32-36-50)57(48-24-20-26-52(42-48)59-38-16-14-12-7-2)55(9-4,10-5)44-21-17-27-53(39-44)60-49-33-29-43(8-3)30-34-49/h8,17-24,26-36,39-42,51,56H,3,6-7,9-16,25,37-38H2,1-2,4-5H3/p+1. The predicted octanol–water partition coefficient (Wildman–Crippen LogP) is 15.8. The molecule has 0 fully saturated rings. The second-order valence-electron chi connectivity index (χ2n) is 15.9. The fourth-order valence-corrected chi connectivity index (χ4v) is 8.10. The summed E-state index contributed by atoms with van der Waals surface area (Å²) in [7, 11) is 0. The summed E-state index contributed by atoms with van der Waals surface area (Å²) in [6.45, 7) is 14.4. The van der Waals surface area contributed by atoms with Gasteiger partial charge >= 0.3 is 0 Å². The Hall–Kier alpha value is -5.72. The van der Waals surface area contributed by atoms with Crippen molar-refractivity contribution in [2.45, 2.75) is 110 Å². The first kappa shape index (κ1) is 44.8. The molecule has 0 spiro atoms. The van der Waals surface area contributed by atoms with Crippen LogP contribution in [0.1, 0.15) is 109 Å². The highest BCUT2D eigenvalue weighted by Crippen LogP contribution is 2.46. The topological polar surface area (TPSA) is 55.8 Å². The van der Waals surface area contributed by atoms with Crippen LogP contribution < -0.4 is 19.7 Å². The second-order valence-corrected chi connectivity index (χ2v) is 15.9. The first-order valence-electron chi connectivity index (χ1n) is 22.7. The maximum atomic E-state index is 6.50. The van der Waals surface area contributed by atoms with Gasteiger partial charge in [0.1, 0.15) is 17.2 Å². The van der Waals surface area contributed by atoms with Crippen molar-refractivity contribution < 1.29 is 18.9 Å². The lowest BCUT2D eigenvalue weighted by molar-refractivity contribution is 0.0827. The molecule has 1 aliphatic carbocycles. The highest BCUT2D eigenvalue weighted by atomic mass is 16.5. The number of hydrogen-bond acceptors (Lipinski definition) is 5. The van der Waals surface area contributed by atoms with Crippen LogP contribution in [0.25, 0.3) is 6.08 Å². The third-order valence-electron chi connectivity index (χ3n) is 11.5. The van der Waals surface area contributed by atoms with E-state index in [0.29, 0.717) is 6.61 Å². The molecular weight excluding hydrogens is 753 g/mol. The molecular formula is C55H67N2O4+. The Balaban J connectivity index is 1.25. The van der Waals surface area contributed by atoms with Crippen molar-refractivity contribution in [1.82, 2.24) is 0 Å². The summed E-state index contributed by atoms with van der Waals surface area (Å²) < 4.78 is 24.1. The third-order valence-corrected chi connectivity index (χ3v) is 11.5. The first-order valence-corrected chi connectivity index (χ1v) is 22.7. The molecule has 6 nitrogen and oxygen atoms in total. The molecule has 0 saturated carbocycles. The molecule has 1 unspecified atom stereocenters. The van der Waals surface area contributed by atoms with Crippen molar-refractivity contribution in [3.05, 3.63) is 163 Å². The highest BCUT2D eigenvalue weighted by molar-refractivity contribution is 5.69. The van der Waals surface area contributed by atoms with Crippen molar-refractivity contribution in [3.63, 3.8) is 0 Å². The van der Waals surface area contributed by atoms with Crippen LogP contribution in [0, 0.1) is 0 Å². The summed E-state index contributed by atoms with van der Waals surface area (Å²) in [4.78, 5) is 2.48. The van der Waals surface area contributed by atoms with Gasteiger partial charge in [-0.2, -0.15) is 0 Å². The number of ether oxygens (including phenoxy) is 4. The summed E-state index contributed by atoms with van der Waals surface area (Å²) in [5.41, 5.74) is 6.00. The van der Waals surface area contributed by atoms with Gasteiger partial charge in [-0.1, -0.05) is 109 Å². The molecule has 2 N–H and O–H groups in total. The average Bonchev–Trinajstić information content (AvgIpc) is 3.29. The second kappa shape index (κ2) is 23.3. The maximum absolute atomic E-state index is 6.50. The van der Waals surface area contributed by atoms with E-state index in [1.807, 2.05) is 48.5 Å². The zero-order valence-corrected chi connectivity index (χ0v) is 37.0. The van der Waals surface area contributed by atoms with Gasteiger partial charge in [0.25, 0.3) is 11.5 Å². The van der Waals surface area contributed by atoms with Crippen LogP contribution in [-0.4, -0.2) is 24.1 Å². The van der Waals surface area contributed by atoms with Crippen LogP contribution in [0.3, 0.4) is 0 Å². The summed E-state index contributed by atoms with van der Waals surface area (Å²) in [5.74, 6) is 4.24. The molecule has 6 rings (SSSR count). The van der Waals surface area contributed by atoms with E-state index >= 15 is 0 Å². The number of benzene rings is 5. The molecule has 1 aliphatic rings. The minimum atomic E-state index is -0.401. The van der Waals surface area contributed by atoms with Gasteiger partial charge in [-0.15, -0.1) is 0 Å². The lowest BCUT2D eigenvalue weighted by atomic mass is 9.81. The summed E-state index contributed by atoms with van der Waals surface area (Å²) in [6.07, 6.45) is 20.6. The van der Waals surface area contributed by atoms with Gasteiger partial charge in [-0.3, -0.25) is 0 Å². The normalized spacial score (nSPS) is 13.6. The molecule has 0 saturated heterocycles. The zero-order chi connectivity index (χ0) is 42.7. The van der Waals surface area contributed by atoms with Gasteiger partial charge in [0.2, 0.25) is 0 Å². The van der Waals surface area contributed by atoms with Crippen LogP contribution in [0.5, 0.6) is 28.7 Å². The fourth-order valence-electron chi connectivity index (χ4n) is 8.10. The Morgan fingerprint density at radius 3 is 2.15 bits per heavy atom. The molecule has 5 aromatic carbocycles. The fraction of sp³-hybridized carbons (Fsp3) is 0.345. The molecule has 5 aromatic rings. The summed E-state index contributed by atoms with van der Waals surface area (Å²) in [6, 6.07) is 42.1. The van der Waals surface area contributed by atoms with E-state index in [4.69, 9.17) is 18.9 Å². The van der Waals surface area contributed by atoms with Crippen LogP contribution in [0.2, 0.25) is 0 Å². The Kier molecular flexibility index (Phi) is 17.1. The molecule has 6 heteroatoms. The van der Waals surface area contributed by atoms with Crippen molar-refractivity contribution in [2.24, 2.45) is 0 Å². The number of rotatable bonds is 25. The smallest absolute Gasteiger partial charge is 0.260 e. The molecule has 0 radical (unpaired) electrons. The molecule has 320 valence electrons. The van der Waals surface area contributed by atoms with Gasteiger partial charge in [-0.05, 0) is 116 Å². The molecule has 0 aromatic heterocycles. The molecule has 0 bridgehead atoms. The van der Waals surface area contributed by atoms with E-state index in [1.165, 1.54) is 44.1 Å². The first-order chi connectivity index (χ1) is 30.0. The van der Waals surface area contributed by atoms with E-state index in [2.05, 4.69) is 142 Å². The van der Waals surface area contributed by atoms with Crippen molar-refractivity contribution in [3.8, 4) is 28.7 Å². The van der Waals surface area contributed by atoms with Gasteiger partial charge in [-0.25, -0.2) is 0 Å². The number of aromatic hydroxyl groups is 2. The SMILES string of the molecule is C=Cc1ccc([OH+]c2cccc(C(CC)(CC)N(c3ccc(Oc4cccc(NC5=CC(OCCCCCC)CC=C5)c4)cc3)c3cccc(OCCCCCC)c3)c2)cc1. The highest BCUT2D eigenvalue weighted by Gasteiger charge is 2.38. The van der Waals surface area contributed by atoms with Gasteiger partial charge in [0.15, 0.2) is 0 Å². The lowest BCUT2D eigenvalue weighted by Crippen LogP contribution is -2.42. The number of hydrogen-bond donors (Lipinski definition) is 1. The minimum Gasteiger partial charge on any atom is -0.546 e. The van der Waals surface area contributed by atoms with E-state index in [-0.39, 0.29) is 6.10 Å². The van der Waals surface area contributed by atoms with E-state index in [9.17, 15) is 0 Å². The molecule has 1 atom stereocenters. The van der Waals surface area contributed by atoms with Crippen LogP contribution in [0.4, 0.5) is 17.1 Å². The van der Waals surface area contributed by atoms with E-state index in [1.54, 1.807) is 0 Å². The molecule has 0 aliphatic heterocycles. The van der Waals surface area contributed by atoms with Gasteiger partial charge in [0, 0.05) is 65.8 Å². The Labute approximate surface area is 365 Å². The number of nitrogens with zero attached hydrogens (tertiary/aromatic N) is 1. The monoisotopic (exact) mass is 820 g/mol. The molecule has 0 amide bonds. The Morgan fingerprint density at radius 2 is 1.41 bits per heavy atom. The number of allylic oxidation sites excluding steroid dienone is 1. The molecule has 0 heterocycles. The minimum absolute atomic E-state index is 0.0934. The lowest BCUT2D eigenvalue weighted by Gasteiger charge is -2.45. The largest absolute Gasteiger partial charge is 0.546 e. The number of unbranched alkanes of at least 4 members (excludes halogenated alkanes) is 6. The number of anilines is 3. The molecule has 61 heavy (non-hydrogen) atoms. The maximum Gasteiger partial charge on any atom is 0.260 e. The Morgan fingerprint density at radius 1 is 0.689 bits per heavy atom. The number of nitrogens with one attached hydrogen (secondary N) is 1. The van der Waals surface area contributed by atoms with E-state index in [0.717, 1.165) is 95.8 Å². The van der Waals surface area contributed by atoms with E-state index < -0.39 is 5.54 Å².